The van der Waals surface area contributed by atoms with Gasteiger partial charge in [-0.1, -0.05) is 24.3 Å². The molecule has 1 atom stereocenters. The third-order valence-corrected chi connectivity index (χ3v) is 4.27. The number of hydrogen-bond donors (Lipinski definition) is 2. The molecule has 0 spiro atoms. The van der Waals surface area contributed by atoms with E-state index in [1.54, 1.807) is 11.3 Å². The fraction of sp³-hybridized carbons (Fsp3) is 0.231. The lowest BCUT2D eigenvalue weighted by molar-refractivity contribution is 0.224. The number of nitrogens with two attached hydrogens (primary N) is 1. The van der Waals surface area contributed by atoms with Crippen LogP contribution >= 0.6 is 27.3 Å². The topological polar surface area (TPSA) is 46.2 Å². The monoisotopic (exact) mass is 311 g/mol. The van der Waals surface area contributed by atoms with Gasteiger partial charge in [-0.15, -0.1) is 11.3 Å². The lowest BCUT2D eigenvalue weighted by atomic mass is 10.0. The van der Waals surface area contributed by atoms with E-state index < -0.39 is 6.10 Å². The average Bonchev–Trinajstić information content (AvgIpc) is 2.76. The average molecular weight is 312 g/mol. The molecule has 0 radical (unpaired) electrons. The Morgan fingerprint density at radius 1 is 1.18 bits per heavy atom. The van der Waals surface area contributed by atoms with E-state index in [0.29, 0.717) is 6.54 Å². The van der Waals surface area contributed by atoms with Gasteiger partial charge >= 0.3 is 0 Å². The van der Waals surface area contributed by atoms with E-state index in [1.807, 2.05) is 36.4 Å². The lowest BCUT2D eigenvalue weighted by Crippen LogP contribution is -2.03. The fourth-order valence-electron chi connectivity index (χ4n) is 1.67. The van der Waals surface area contributed by atoms with Crippen LogP contribution in [0.5, 0.6) is 0 Å². The molecule has 0 aliphatic carbocycles. The van der Waals surface area contributed by atoms with E-state index in [-0.39, 0.29) is 0 Å². The zero-order valence-electron chi connectivity index (χ0n) is 9.27. The van der Waals surface area contributed by atoms with Crippen LogP contribution < -0.4 is 5.73 Å². The summed E-state index contributed by atoms with van der Waals surface area (Å²) in [4.78, 5) is 0.948. The number of benzene rings is 1. The van der Waals surface area contributed by atoms with E-state index in [0.717, 1.165) is 20.6 Å². The number of aliphatic hydroxyl groups is 1. The van der Waals surface area contributed by atoms with Crippen molar-refractivity contribution in [2.75, 3.05) is 6.54 Å². The maximum Gasteiger partial charge on any atom is 0.113 e. The highest BCUT2D eigenvalue weighted by Gasteiger charge is 2.12. The van der Waals surface area contributed by atoms with Crippen molar-refractivity contribution in [2.24, 2.45) is 5.73 Å². The molecule has 2 nitrogen and oxygen atoms in total. The van der Waals surface area contributed by atoms with Crippen LogP contribution in [0.1, 0.15) is 22.1 Å². The van der Waals surface area contributed by atoms with Crippen molar-refractivity contribution in [3.63, 3.8) is 0 Å². The Labute approximate surface area is 113 Å². The molecular formula is C13H14BrNOS. The van der Waals surface area contributed by atoms with Crippen LogP contribution in [0.2, 0.25) is 0 Å². The summed E-state index contributed by atoms with van der Waals surface area (Å²) in [6.45, 7) is 0.653. The molecule has 1 aromatic heterocycles. The van der Waals surface area contributed by atoms with Crippen LogP contribution in [0.3, 0.4) is 0 Å². The van der Waals surface area contributed by atoms with Crippen LogP contribution in [-0.4, -0.2) is 11.7 Å². The van der Waals surface area contributed by atoms with Crippen LogP contribution in [0, 0.1) is 0 Å². The highest BCUT2D eigenvalue weighted by molar-refractivity contribution is 9.11. The Morgan fingerprint density at radius 2 is 1.88 bits per heavy atom. The third-order valence-electron chi connectivity index (χ3n) is 2.59. The summed E-state index contributed by atoms with van der Waals surface area (Å²) in [5.41, 5.74) is 7.62. The van der Waals surface area contributed by atoms with Gasteiger partial charge in [0.15, 0.2) is 0 Å². The first-order chi connectivity index (χ1) is 8.20. The summed E-state index contributed by atoms with van der Waals surface area (Å²) in [6.07, 6.45) is 0.333. The van der Waals surface area contributed by atoms with E-state index in [1.165, 1.54) is 5.56 Å². The van der Waals surface area contributed by atoms with Crippen molar-refractivity contribution in [1.29, 1.82) is 0 Å². The quantitative estimate of drug-likeness (QED) is 0.911. The molecule has 1 unspecified atom stereocenters. The van der Waals surface area contributed by atoms with Gasteiger partial charge in [-0.05, 0) is 52.2 Å². The largest absolute Gasteiger partial charge is 0.383 e. The Hall–Kier alpha value is -0.680. The molecule has 90 valence electrons. The second-order valence-electron chi connectivity index (χ2n) is 3.82. The number of hydrogen-bond acceptors (Lipinski definition) is 3. The first-order valence-electron chi connectivity index (χ1n) is 5.43. The van der Waals surface area contributed by atoms with Gasteiger partial charge in [0.1, 0.15) is 6.10 Å². The summed E-state index contributed by atoms with van der Waals surface area (Å²) in [7, 11) is 0. The van der Waals surface area contributed by atoms with E-state index >= 15 is 0 Å². The van der Waals surface area contributed by atoms with Crippen LogP contribution in [0.15, 0.2) is 40.2 Å². The zero-order chi connectivity index (χ0) is 12.3. The minimum atomic E-state index is -0.543. The molecule has 1 aromatic carbocycles. The number of aliphatic hydroxyl groups excluding tert-OH is 1. The van der Waals surface area contributed by atoms with Gasteiger partial charge in [-0.3, -0.25) is 0 Å². The molecule has 1 heterocycles. The highest BCUT2D eigenvalue weighted by atomic mass is 79.9. The van der Waals surface area contributed by atoms with Gasteiger partial charge in [-0.25, -0.2) is 0 Å². The Bertz CT molecular complexity index is 480. The van der Waals surface area contributed by atoms with Crippen LogP contribution in [0.25, 0.3) is 0 Å². The number of rotatable bonds is 4. The van der Waals surface area contributed by atoms with Crippen molar-refractivity contribution in [2.45, 2.75) is 12.5 Å². The molecule has 0 amide bonds. The van der Waals surface area contributed by atoms with E-state index in [4.69, 9.17) is 5.73 Å². The minimum Gasteiger partial charge on any atom is -0.383 e. The second kappa shape index (κ2) is 5.78. The predicted molar refractivity (Wildman–Crippen MR) is 75.3 cm³/mol. The van der Waals surface area contributed by atoms with Crippen LogP contribution in [0.4, 0.5) is 0 Å². The predicted octanol–water partition coefficient (Wildman–Crippen LogP) is 3.09. The first-order valence-corrected chi connectivity index (χ1v) is 7.04. The summed E-state index contributed by atoms with van der Waals surface area (Å²) in [6, 6.07) is 11.9. The first kappa shape index (κ1) is 12.8. The maximum absolute atomic E-state index is 10.2. The van der Waals surface area contributed by atoms with Crippen molar-refractivity contribution in [3.8, 4) is 0 Å². The SMILES string of the molecule is NCCc1ccc(C(O)c2ccc(Br)s2)cc1. The second-order valence-corrected chi connectivity index (χ2v) is 6.32. The molecule has 2 rings (SSSR count). The third kappa shape index (κ3) is 3.16. The molecule has 0 aliphatic rings. The Morgan fingerprint density at radius 3 is 2.41 bits per heavy atom. The summed E-state index contributed by atoms with van der Waals surface area (Å²) < 4.78 is 1.03. The molecule has 0 bridgehead atoms. The molecule has 17 heavy (non-hydrogen) atoms. The minimum absolute atomic E-state index is 0.543. The maximum atomic E-state index is 10.2. The Balaban J connectivity index is 2.16. The summed E-state index contributed by atoms with van der Waals surface area (Å²) in [5, 5.41) is 10.2. The summed E-state index contributed by atoms with van der Waals surface area (Å²) >= 11 is 4.95. The Kier molecular flexibility index (Phi) is 4.34. The molecule has 0 aliphatic heterocycles. The van der Waals surface area contributed by atoms with Gasteiger partial charge in [0.05, 0.1) is 3.79 Å². The molecule has 3 N–H and O–H groups in total. The normalized spacial score (nSPS) is 12.6. The van der Waals surface area contributed by atoms with Gasteiger partial charge in [0, 0.05) is 4.88 Å². The lowest BCUT2D eigenvalue weighted by Gasteiger charge is -2.09. The molecule has 0 fully saturated rings. The molecule has 2 aromatic rings. The van der Waals surface area contributed by atoms with Gasteiger partial charge < -0.3 is 10.8 Å². The smallest absolute Gasteiger partial charge is 0.113 e. The zero-order valence-corrected chi connectivity index (χ0v) is 11.7. The number of thiophene rings is 1. The van der Waals surface area contributed by atoms with Crippen molar-refractivity contribution < 1.29 is 5.11 Å². The fourth-order valence-corrected chi connectivity index (χ4v) is 3.11. The van der Waals surface area contributed by atoms with Gasteiger partial charge in [-0.2, -0.15) is 0 Å². The molecule has 0 saturated heterocycles. The van der Waals surface area contributed by atoms with Gasteiger partial charge in [0.2, 0.25) is 0 Å². The molecular weight excluding hydrogens is 298 g/mol. The van der Waals surface area contributed by atoms with Crippen molar-refractivity contribution in [3.05, 3.63) is 56.2 Å². The summed E-state index contributed by atoms with van der Waals surface area (Å²) in [5.74, 6) is 0. The van der Waals surface area contributed by atoms with Crippen molar-refractivity contribution in [1.82, 2.24) is 0 Å². The highest BCUT2D eigenvalue weighted by Crippen LogP contribution is 2.31. The molecule has 0 saturated carbocycles. The standard InChI is InChI=1S/C13H14BrNOS/c14-12-6-5-11(17-12)13(16)10-3-1-9(2-4-10)7-8-15/h1-6,13,16H,7-8,15H2. The van der Waals surface area contributed by atoms with Crippen LogP contribution in [-0.2, 0) is 6.42 Å². The molecule has 4 heteroatoms. The number of halogens is 1. The van der Waals surface area contributed by atoms with Crippen molar-refractivity contribution >= 4 is 27.3 Å². The van der Waals surface area contributed by atoms with Gasteiger partial charge in [0.25, 0.3) is 0 Å². The van der Waals surface area contributed by atoms with E-state index in [2.05, 4.69) is 15.9 Å². The van der Waals surface area contributed by atoms with E-state index in [9.17, 15) is 5.11 Å².